The second-order valence-corrected chi connectivity index (χ2v) is 6.48. The van der Waals surface area contributed by atoms with Gasteiger partial charge in [0.2, 0.25) is 11.6 Å². The molecule has 0 saturated heterocycles. The van der Waals surface area contributed by atoms with Gasteiger partial charge in [0, 0.05) is 16.7 Å². The number of hydrogen-bond donors (Lipinski definition) is 1. The third-order valence-electron chi connectivity index (χ3n) is 4.94. The Morgan fingerprint density at radius 3 is 2.58 bits per heavy atom. The van der Waals surface area contributed by atoms with E-state index in [9.17, 15) is 9.59 Å². The van der Waals surface area contributed by atoms with E-state index < -0.39 is 11.6 Å². The van der Waals surface area contributed by atoms with Crippen molar-refractivity contribution in [1.82, 2.24) is 5.32 Å². The standard InChI is InChI=1S/C22H17NO3/c1-4-10-23-11-17-13(3)18-20(24)21(25)19-15-7-5-6-12(2)14(15)8-9-16(19)22(18)26-17/h1,5-9,23H,10-11H2,2-3H3. The number of fused-ring (bicyclic) bond motifs is 5. The normalized spacial score (nSPS) is 12.8. The first-order valence-electron chi connectivity index (χ1n) is 8.42. The molecule has 0 spiro atoms. The molecule has 4 rings (SSSR count). The molecule has 4 nitrogen and oxygen atoms in total. The third-order valence-corrected chi connectivity index (χ3v) is 4.94. The fourth-order valence-electron chi connectivity index (χ4n) is 3.62. The lowest BCUT2D eigenvalue weighted by Crippen LogP contribution is -2.21. The molecule has 1 N–H and O–H groups in total. The van der Waals surface area contributed by atoms with Crippen LogP contribution in [0.1, 0.15) is 37.6 Å². The molecule has 4 heteroatoms. The van der Waals surface area contributed by atoms with Crippen LogP contribution in [-0.2, 0) is 6.54 Å². The first kappa shape index (κ1) is 16.3. The van der Waals surface area contributed by atoms with Crippen molar-refractivity contribution in [1.29, 1.82) is 0 Å². The van der Waals surface area contributed by atoms with Gasteiger partial charge < -0.3 is 4.42 Å². The van der Waals surface area contributed by atoms with Gasteiger partial charge in [-0.25, -0.2) is 0 Å². The number of terminal acetylenes is 1. The molecule has 1 aliphatic rings. The van der Waals surface area contributed by atoms with E-state index in [4.69, 9.17) is 10.8 Å². The van der Waals surface area contributed by atoms with E-state index in [1.807, 2.05) is 37.3 Å². The summed E-state index contributed by atoms with van der Waals surface area (Å²) in [6.45, 7) is 4.60. The minimum Gasteiger partial charge on any atom is -0.459 e. The topological polar surface area (TPSA) is 59.3 Å². The first-order chi connectivity index (χ1) is 12.5. The first-order valence-corrected chi connectivity index (χ1v) is 8.42. The van der Waals surface area contributed by atoms with Crippen LogP contribution in [0.4, 0.5) is 0 Å². The van der Waals surface area contributed by atoms with Gasteiger partial charge in [0.05, 0.1) is 18.7 Å². The third kappa shape index (κ3) is 2.22. The second-order valence-electron chi connectivity index (χ2n) is 6.48. The number of nitrogens with one attached hydrogen (secondary N) is 1. The van der Waals surface area contributed by atoms with Crippen LogP contribution in [0, 0.1) is 26.2 Å². The maximum atomic E-state index is 12.9. The lowest BCUT2D eigenvalue weighted by atomic mass is 9.83. The van der Waals surface area contributed by atoms with E-state index >= 15 is 0 Å². The summed E-state index contributed by atoms with van der Waals surface area (Å²) in [4.78, 5) is 25.7. The highest BCUT2D eigenvalue weighted by molar-refractivity contribution is 6.54. The number of carbonyl (C=O) groups is 2. The van der Waals surface area contributed by atoms with Crippen LogP contribution in [0.5, 0.6) is 0 Å². The number of benzene rings is 2. The van der Waals surface area contributed by atoms with Crippen molar-refractivity contribution >= 4 is 22.3 Å². The SMILES string of the molecule is C#CCNCc1oc2c(c1C)C(=O)C(=O)c1c-2ccc2c(C)cccc12. The summed E-state index contributed by atoms with van der Waals surface area (Å²) in [6, 6.07) is 9.61. The number of aryl methyl sites for hydroxylation is 1. The predicted molar refractivity (Wildman–Crippen MR) is 100 cm³/mol. The molecule has 128 valence electrons. The maximum absolute atomic E-state index is 12.9. The average Bonchev–Trinajstić information content (AvgIpc) is 2.96. The number of hydrogen-bond acceptors (Lipinski definition) is 4. The number of carbonyl (C=O) groups excluding carboxylic acids is 2. The molecule has 0 aliphatic heterocycles. The lowest BCUT2D eigenvalue weighted by Gasteiger charge is -2.16. The summed E-state index contributed by atoms with van der Waals surface area (Å²) in [7, 11) is 0. The number of furan rings is 1. The van der Waals surface area contributed by atoms with Crippen LogP contribution in [0.3, 0.4) is 0 Å². The molecule has 2 aromatic carbocycles. The summed E-state index contributed by atoms with van der Waals surface area (Å²) < 4.78 is 6.00. The molecule has 1 heterocycles. The highest BCUT2D eigenvalue weighted by Gasteiger charge is 2.37. The van der Waals surface area contributed by atoms with Gasteiger partial charge in [-0.2, -0.15) is 0 Å². The Morgan fingerprint density at radius 2 is 1.81 bits per heavy atom. The van der Waals surface area contributed by atoms with E-state index in [-0.39, 0.29) is 0 Å². The smallest absolute Gasteiger partial charge is 0.237 e. The molecule has 3 aromatic rings. The second kappa shape index (κ2) is 5.98. The molecule has 1 aliphatic carbocycles. The Morgan fingerprint density at radius 1 is 1.04 bits per heavy atom. The number of rotatable bonds is 3. The largest absolute Gasteiger partial charge is 0.459 e. The molecule has 0 unspecified atom stereocenters. The Kier molecular flexibility index (Phi) is 3.75. The molecule has 0 saturated carbocycles. The van der Waals surface area contributed by atoms with Crippen LogP contribution in [-0.4, -0.2) is 18.1 Å². The highest BCUT2D eigenvalue weighted by Crippen LogP contribution is 2.41. The van der Waals surface area contributed by atoms with E-state index in [2.05, 4.69) is 11.2 Å². The van der Waals surface area contributed by atoms with Gasteiger partial charge >= 0.3 is 0 Å². The van der Waals surface area contributed by atoms with E-state index in [0.29, 0.717) is 46.9 Å². The summed E-state index contributed by atoms with van der Waals surface area (Å²) in [5.74, 6) is 2.62. The fourth-order valence-corrected chi connectivity index (χ4v) is 3.62. The van der Waals surface area contributed by atoms with Crippen molar-refractivity contribution in [3.63, 3.8) is 0 Å². The fraction of sp³-hybridized carbons (Fsp3) is 0.182. The number of ketones is 2. The van der Waals surface area contributed by atoms with Crippen molar-refractivity contribution in [3.8, 4) is 23.7 Å². The van der Waals surface area contributed by atoms with Crippen LogP contribution >= 0.6 is 0 Å². The lowest BCUT2D eigenvalue weighted by molar-refractivity contribution is 0.0815. The van der Waals surface area contributed by atoms with Crippen molar-refractivity contribution in [2.45, 2.75) is 20.4 Å². The van der Waals surface area contributed by atoms with Crippen molar-refractivity contribution < 1.29 is 14.0 Å². The van der Waals surface area contributed by atoms with Gasteiger partial charge in [-0.3, -0.25) is 14.9 Å². The summed E-state index contributed by atoms with van der Waals surface area (Å²) in [5, 5.41) is 4.81. The zero-order chi connectivity index (χ0) is 18.4. The van der Waals surface area contributed by atoms with Gasteiger partial charge in [-0.15, -0.1) is 6.42 Å². The average molecular weight is 343 g/mol. The van der Waals surface area contributed by atoms with Crippen molar-refractivity contribution in [2.75, 3.05) is 6.54 Å². The monoisotopic (exact) mass is 343 g/mol. The zero-order valence-electron chi connectivity index (χ0n) is 14.6. The Hall–Kier alpha value is -3.16. The predicted octanol–water partition coefficient (Wildman–Crippen LogP) is 3.82. The Labute approximate surface area is 151 Å². The molecule has 0 amide bonds. The summed E-state index contributed by atoms with van der Waals surface area (Å²) in [6.07, 6.45) is 5.25. The quantitative estimate of drug-likeness (QED) is 0.446. The van der Waals surface area contributed by atoms with Crippen LogP contribution in [0.25, 0.3) is 22.1 Å². The molecule has 26 heavy (non-hydrogen) atoms. The molecular formula is C22H17NO3. The molecule has 0 fully saturated rings. The van der Waals surface area contributed by atoms with Gasteiger partial charge in [0.15, 0.2) is 0 Å². The summed E-state index contributed by atoms with van der Waals surface area (Å²) in [5.41, 5.74) is 3.23. The maximum Gasteiger partial charge on any atom is 0.237 e. The van der Waals surface area contributed by atoms with Crippen LogP contribution in [0.15, 0.2) is 34.7 Å². The summed E-state index contributed by atoms with van der Waals surface area (Å²) >= 11 is 0. The van der Waals surface area contributed by atoms with Gasteiger partial charge in [-0.1, -0.05) is 30.2 Å². The van der Waals surface area contributed by atoms with E-state index in [1.165, 1.54) is 0 Å². The van der Waals surface area contributed by atoms with E-state index in [0.717, 1.165) is 16.3 Å². The Balaban J connectivity index is 1.96. The van der Waals surface area contributed by atoms with Crippen molar-refractivity contribution in [2.24, 2.45) is 0 Å². The molecule has 0 bridgehead atoms. The minimum atomic E-state index is -0.508. The van der Waals surface area contributed by atoms with E-state index in [1.54, 1.807) is 6.92 Å². The minimum absolute atomic E-state index is 0.368. The van der Waals surface area contributed by atoms with Crippen LogP contribution < -0.4 is 5.32 Å². The highest BCUT2D eigenvalue weighted by atomic mass is 16.3. The van der Waals surface area contributed by atoms with Gasteiger partial charge in [0.25, 0.3) is 0 Å². The molecule has 0 radical (unpaired) electrons. The zero-order valence-corrected chi connectivity index (χ0v) is 14.6. The van der Waals surface area contributed by atoms with Crippen molar-refractivity contribution in [3.05, 3.63) is 58.3 Å². The van der Waals surface area contributed by atoms with Gasteiger partial charge in [-0.05, 0) is 36.2 Å². The van der Waals surface area contributed by atoms with Gasteiger partial charge in [0.1, 0.15) is 11.5 Å². The van der Waals surface area contributed by atoms with Crippen LogP contribution in [0.2, 0.25) is 0 Å². The number of Topliss-reactive ketones (excluding diaryl/α,β-unsaturated/α-hetero) is 2. The molecule has 1 aromatic heterocycles. The Bertz CT molecular complexity index is 1130. The molecular weight excluding hydrogens is 326 g/mol. The molecule has 0 atom stereocenters.